The quantitative estimate of drug-likeness (QED) is 0.617. The summed E-state index contributed by atoms with van der Waals surface area (Å²) in [5.41, 5.74) is 6.29. The lowest BCUT2D eigenvalue weighted by molar-refractivity contribution is 0.675. The molecule has 94 valence electrons. The lowest BCUT2D eigenvalue weighted by atomic mass is 9.70. The van der Waals surface area contributed by atoms with E-state index in [0.717, 1.165) is 0 Å². The molecule has 0 saturated heterocycles. The fraction of sp³-hybridized carbons (Fsp3) is 0.158. The zero-order valence-electron chi connectivity index (χ0n) is 11.5. The molecule has 1 aliphatic rings. The molecule has 0 atom stereocenters. The standard InChI is InChI=1S/C19H18/c1-14(2)19(3)17-10-6-4-8-15(17)12-13-16-9-5-7-11-18(16)19/h4-13H,1H2,2-3H3. The average molecular weight is 246 g/mol. The largest absolute Gasteiger partial charge is 0.0989 e. The van der Waals surface area contributed by atoms with Gasteiger partial charge in [-0.3, -0.25) is 0 Å². The first-order valence-electron chi connectivity index (χ1n) is 6.67. The minimum Gasteiger partial charge on any atom is -0.0989 e. The van der Waals surface area contributed by atoms with Crippen LogP contribution in [0.1, 0.15) is 36.1 Å². The van der Waals surface area contributed by atoms with Gasteiger partial charge >= 0.3 is 0 Å². The fourth-order valence-electron chi connectivity index (χ4n) is 2.98. The number of hydrogen-bond donors (Lipinski definition) is 0. The molecule has 1 aliphatic carbocycles. The highest BCUT2D eigenvalue weighted by molar-refractivity contribution is 5.78. The zero-order valence-corrected chi connectivity index (χ0v) is 11.5. The van der Waals surface area contributed by atoms with Crippen LogP contribution in [0.25, 0.3) is 12.2 Å². The van der Waals surface area contributed by atoms with Crippen molar-refractivity contribution in [3.63, 3.8) is 0 Å². The van der Waals surface area contributed by atoms with Gasteiger partial charge in [0.15, 0.2) is 0 Å². The van der Waals surface area contributed by atoms with Crippen molar-refractivity contribution in [2.75, 3.05) is 0 Å². The van der Waals surface area contributed by atoms with Crippen LogP contribution >= 0.6 is 0 Å². The molecular weight excluding hydrogens is 228 g/mol. The second kappa shape index (κ2) is 4.24. The van der Waals surface area contributed by atoms with E-state index in [1.165, 1.54) is 27.8 Å². The van der Waals surface area contributed by atoms with Crippen LogP contribution in [0, 0.1) is 0 Å². The second-order valence-corrected chi connectivity index (χ2v) is 5.41. The minimum absolute atomic E-state index is 0.128. The Morgan fingerprint density at radius 3 is 1.68 bits per heavy atom. The van der Waals surface area contributed by atoms with E-state index < -0.39 is 0 Å². The van der Waals surface area contributed by atoms with Gasteiger partial charge in [0.2, 0.25) is 0 Å². The van der Waals surface area contributed by atoms with E-state index in [0.29, 0.717) is 0 Å². The topological polar surface area (TPSA) is 0 Å². The summed E-state index contributed by atoms with van der Waals surface area (Å²) < 4.78 is 0. The molecule has 0 heterocycles. The Bertz CT molecular complexity index is 624. The molecule has 0 aromatic heterocycles. The summed E-state index contributed by atoms with van der Waals surface area (Å²) >= 11 is 0. The maximum atomic E-state index is 4.26. The van der Waals surface area contributed by atoms with E-state index in [1.807, 2.05) is 0 Å². The van der Waals surface area contributed by atoms with Crippen molar-refractivity contribution in [3.05, 3.63) is 82.9 Å². The van der Waals surface area contributed by atoms with Gasteiger partial charge in [-0.2, -0.15) is 0 Å². The maximum absolute atomic E-state index is 4.26. The number of hydrogen-bond acceptors (Lipinski definition) is 0. The van der Waals surface area contributed by atoms with Gasteiger partial charge in [-0.15, -0.1) is 0 Å². The van der Waals surface area contributed by atoms with Crippen LogP contribution < -0.4 is 0 Å². The summed E-state index contributed by atoms with van der Waals surface area (Å²) in [5.74, 6) is 0. The summed E-state index contributed by atoms with van der Waals surface area (Å²) in [6, 6.07) is 17.2. The molecule has 3 rings (SSSR count). The first kappa shape index (κ1) is 12.0. The van der Waals surface area contributed by atoms with Crippen molar-refractivity contribution in [2.24, 2.45) is 0 Å². The maximum Gasteiger partial charge on any atom is 0.0389 e. The van der Waals surface area contributed by atoms with Crippen LogP contribution in [0.15, 0.2) is 60.7 Å². The molecule has 2 aromatic carbocycles. The van der Waals surface area contributed by atoms with E-state index >= 15 is 0 Å². The molecule has 0 aliphatic heterocycles. The van der Waals surface area contributed by atoms with Gasteiger partial charge in [0, 0.05) is 5.41 Å². The van der Waals surface area contributed by atoms with Crippen LogP contribution in [-0.4, -0.2) is 0 Å². The Hall–Kier alpha value is -2.08. The third kappa shape index (κ3) is 1.67. The van der Waals surface area contributed by atoms with Crippen molar-refractivity contribution in [1.29, 1.82) is 0 Å². The Balaban J connectivity index is 2.41. The van der Waals surface area contributed by atoms with Crippen molar-refractivity contribution < 1.29 is 0 Å². The highest BCUT2D eigenvalue weighted by atomic mass is 14.4. The van der Waals surface area contributed by atoms with Gasteiger partial charge in [-0.25, -0.2) is 0 Å². The van der Waals surface area contributed by atoms with Crippen molar-refractivity contribution in [1.82, 2.24) is 0 Å². The monoisotopic (exact) mass is 246 g/mol. The van der Waals surface area contributed by atoms with Gasteiger partial charge in [-0.05, 0) is 36.1 Å². The third-order valence-electron chi connectivity index (χ3n) is 4.29. The average Bonchev–Trinajstić information content (AvgIpc) is 2.56. The van der Waals surface area contributed by atoms with Gasteiger partial charge < -0.3 is 0 Å². The molecule has 2 aromatic rings. The Morgan fingerprint density at radius 1 is 0.842 bits per heavy atom. The number of fused-ring (bicyclic) bond motifs is 2. The summed E-state index contributed by atoms with van der Waals surface area (Å²) in [6.07, 6.45) is 4.42. The molecule has 0 N–H and O–H groups in total. The normalized spacial score (nSPS) is 15.3. The van der Waals surface area contributed by atoms with Gasteiger partial charge in [0.1, 0.15) is 0 Å². The van der Waals surface area contributed by atoms with Crippen LogP contribution in [0.3, 0.4) is 0 Å². The van der Waals surface area contributed by atoms with Gasteiger partial charge in [0.25, 0.3) is 0 Å². The van der Waals surface area contributed by atoms with E-state index in [9.17, 15) is 0 Å². The summed E-state index contributed by atoms with van der Waals surface area (Å²) in [4.78, 5) is 0. The molecule has 0 nitrogen and oxygen atoms in total. The number of rotatable bonds is 1. The number of allylic oxidation sites excluding steroid dienone is 1. The zero-order chi connectivity index (χ0) is 13.5. The molecule has 0 amide bonds. The first-order valence-corrected chi connectivity index (χ1v) is 6.67. The van der Waals surface area contributed by atoms with Crippen LogP contribution in [0.4, 0.5) is 0 Å². The Morgan fingerprint density at radius 2 is 1.26 bits per heavy atom. The molecule has 0 radical (unpaired) electrons. The van der Waals surface area contributed by atoms with Crippen molar-refractivity contribution in [3.8, 4) is 0 Å². The molecular formula is C19H18. The Labute approximate surface area is 115 Å². The third-order valence-corrected chi connectivity index (χ3v) is 4.29. The second-order valence-electron chi connectivity index (χ2n) is 5.41. The molecule has 0 spiro atoms. The fourth-order valence-corrected chi connectivity index (χ4v) is 2.98. The molecule has 0 unspecified atom stereocenters. The summed E-state index contributed by atoms with van der Waals surface area (Å²) in [7, 11) is 0. The SMILES string of the molecule is C=C(C)C1(C)c2ccccc2C=Cc2ccccc21. The highest BCUT2D eigenvalue weighted by Gasteiger charge is 2.33. The molecule has 0 heteroatoms. The van der Waals surface area contributed by atoms with E-state index in [-0.39, 0.29) is 5.41 Å². The van der Waals surface area contributed by atoms with Gasteiger partial charge in [-0.1, -0.05) is 72.8 Å². The number of benzene rings is 2. The van der Waals surface area contributed by atoms with E-state index in [2.05, 4.69) is 81.1 Å². The van der Waals surface area contributed by atoms with E-state index in [1.54, 1.807) is 0 Å². The molecule has 0 fully saturated rings. The van der Waals surface area contributed by atoms with Crippen molar-refractivity contribution >= 4 is 12.2 Å². The minimum atomic E-state index is -0.128. The smallest absolute Gasteiger partial charge is 0.0389 e. The summed E-state index contributed by atoms with van der Waals surface area (Å²) in [5, 5.41) is 0. The lowest BCUT2D eigenvalue weighted by Crippen LogP contribution is -2.26. The predicted molar refractivity (Wildman–Crippen MR) is 83.1 cm³/mol. The predicted octanol–water partition coefficient (Wildman–Crippen LogP) is 5.05. The molecule has 19 heavy (non-hydrogen) atoms. The highest BCUT2D eigenvalue weighted by Crippen LogP contribution is 2.43. The van der Waals surface area contributed by atoms with Crippen LogP contribution in [-0.2, 0) is 5.41 Å². The Kier molecular flexibility index (Phi) is 2.67. The van der Waals surface area contributed by atoms with Crippen molar-refractivity contribution in [2.45, 2.75) is 19.3 Å². The molecule has 0 bridgehead atoms. The van der Waals surface area contributed by atoms with Gasteiger partial charge in [0.05, 0.1) is 0 Å². The van der Waals surface area contributed by atoms with Crippen LogP contribution in [0.2, 0.25) is 0 Å². The molecule has 0 saturated carbocycles. The lowest BCUT2D eigenvalue weighted by Gasteiger charge is -2.33. The first-order chi connectivity index (χ1) is 9.14. The van der Waals surface area contributed by atoms with Crippen LogP contribution in [0.5, 0.6) is 0 Å². The van der Waals surface area contributed by atoms with E-state index in [4.69, 9.17) is 0 Å². The summed E-state index contributed by atoms with van der Waals surface area (Å²) in [6.45, 7) is 8.66.